The second-order valence-electron chi connectivity index (χ2n) is 9.38. The van der Waals surface area contributed by atoms with Crippen LogP contribution in [0.1, 0.15) is 49.7 Å². The summed E-state index contributed by atoms with van der Waals surface area (Å²) in [6.07, 6.45) is -0.518. The fourth-order valence-corrected chi connectivity index (χ4v) is 5.16. The molecule has 1 saturated heterocycles. The Morgan fingerprint density at radius 2 is 1.63 bits per heavy atom. The number of amides is 2. The maximum atomic E-state index is 12.5. The van der Waals surface area contributed by atoms with Gasteiger partial charge in [-0.15, -0.1) is 0 Å². The molecule has 35 heavy (non-hydrogen) atoms. The van der Waals surface area contributed by atoms with E-state index in [2.05, 4.69) is 17.4 Å². The normalized spacial score (nSPS) is 17.3. The van der Waals surface area contributed by atoms with E-state index >= 15 is 0 Å². The van der Waals surface area contributed by atoms with Crippen molar-refractivity contribution in [3.63, 3.8) is 0 Å². The molecule has 186 valence electrons. The lowest BCUT2D eigenvalue weighted by Gasteiger charge is -2.38. The highest BCUT2D eigenvalue weighted by atomic mass is 16.5. The number of carboxylic acid groups (broad SMARTS) is 1. The zero-order valence-corrected chi connectivity index (χ0v) is 19.9. The Labute approximate surface area is 204 Å². The molecule has 1 aliphatic heterocycles. The number of alkyl carbamates (subject to hydrolysis) is 1. The molecule has 2 aromatic carbocycles. The maximum Gasteiger partial charge on any atom is 0.407 e. The first-order valence-electron chi connectivity index (χ1n) is 12.1. The molecule has 1 unspecified atom stereocenters. The van der Waals surface area contributed by atoms with Gasteiger partial charge in [0.05, 0.1) is 17.9 Å². The Morgan fingerprint density at radius 3 is 2.17 bits per heavy atom. The van der Waals surface area contributed by atoms with Gasteiger partial charge in [-0.3, -0.25) is 9.59 Å². The molecule has 0 radical (unpaired) electrons. The van der Waals surface area contributed by atoms with Gasteiger partial charge < -0.3 is 25.2 Å². The van der Waals surface area contributed by atoms with Crippen LogP contribution in [0.4, 0.5) is 4.79 Å². The van der Waals surface area contributed by atoms with Gasteiger partial charge in [0.2, 0.25) is 5.91 Å². The van der Waals surface area contributed by atoms with Crippen LogP contribution in [0.25, 0.3) is 11.1 Å². The van der Waals surface area contributed by atoms with Crippen molar-refractivity contribution in [3.05, 3.63) is 59.7 Å². The number of carbonyl (C=O) groups is 3. The zero-order valence-electron chi connectivity index (χ0n) is 19.9. The molecule has 1 aliphatic carbocycles. The van der Waals surface area contributed by atoms with E-state index in [0.29, 0.717) is 32.4 Å². The molecule has 3 N–H and O–H groups in total. The molecule has 8 heteroatoms. The molecule has 2 aliphatic rings. The number of aliphatic carboxylic acids is 1. The average molecular weight is 481 g/mol. The van der Waals surface area contributed by atoms with Crippen LogP contribution in [-0.4, -0.2) is 65.4 Å². The smallest absolute Gasteiger partial charge is 0.407 e. The van der Waals surface area contributed by atoms with Crippen molar-refractivity contribution in [1.29, 1.82) is 0 Å². The Bertz CT molecular complexity index is 1050. The summed E-state index contributed by atoms with van der Waals surface area (Å²) in [5, 5.41) is 22.3. The van der Waals surface area contributed by atoms with Crippen molar-refractivity contribution in [2.75, 3.05) is 26.2 Å². The lowest BCUT2D eigenvalue weighted by molar-refractivity contribution is -0.155. The van der Waals surface area contributed by atoms with Crippen molar-refractivity contribution in [1.82, 2.24) is 10.2 Å². The van der Waals surface area contributed by atoms with Crippen LogP contribution in [0, 0.1) is 5.41 Å². The monoisotopic (exact) mass is 480 g/mol. The number of benzene rings is 2. The quantitative estimate of drug-likeness (QED) is 0.533. The summed E-state index contributed by atoms with van der Waals surface area (Å²) in [6, 6.07) is 16.1. The molecular formula is C27H32N2O6. The molecular weight excluding hydrogens is 448 g/mol. The molecule has 2 aromatic rings. The van der Waals surface area contributed by atoms with Crippen molar-refractivity contribution < 1.29 is 29.3 Å². The summed E-state index contributed by atoms with van der Waals surface area (Å²) in [5.41, 5.74) is 3.74. The Kier molecular flexibility index (Phi) is 7.40. The fourth-order valence-electron chi connectivity index (χ4n) is 5.16. The largest absolute Gasteiger partial charge is 0.481 e. The Balaban J connectivity index is 1.23. The van der Waals surface area contributed by atoms with Crippen molar-refractivity contribution >= 4 is 18.0 Å². The van der Waals surface area contributed by atoms with Crippen LogP contribution < -0.4 is 5.32 Å². The summed E-state index contributed by atoms with van der Waals surface area (Å²) in [4.78, 5) is 38.0. The first kappa shape index (κ1) is 24.7. The molecule has 1 heterocycles. The highest BCUT2D eigenvalue weighted by Gasteiger charge is 2.40. The van der Waals surface area contributed by atoms with Crippen LogP contribution in [0.2, 0.25) is 0 Å². The number of likely N-dealkylation sites (tertiary alicyclic amines) is 1. The summed E-state index contributed by atoms with van der Waals surface area (Å²) >= 11 is 0. The number of carbonyl (C=O) groups excluding carboxylic acids is 2. The standard InChI is InChI=1S/C27H32N2O6/c1-2-27(25(32)33)11-13-29(14-12-27)24(31)15-18(30)16-28-26(34)35-17-23-21-9-5-3-7-19(21)20-8-4-6-10-22(20)23/h3-10,18,23,30H,2,11-17H2,1H3,(H,28,34)(H,32,33). The molecule has 0 aromatic heterocycles. The first-order chi connectivity index (χ1) is 16.8. The number of nitrogens with one attached hydrogen (secondary N) is 1. The third-order valence-corrected chi connectivity index (χ3v) is 7.44. The molecule has 1 fully saturated rings. The van der Waals surface area contributed by atoms with E-state index in [1.807, 2.05) is 43.3 Å². The number of piperidine rings is 1. The van der Waals surface area contributed by atoms with Crippen molar-refractivity contribution in [3.8, 4) is 11.1 Å². The topological polar surface area (TPSA) is 116 Å². The van der Waals surface area contributed by atoms with Gasteiger partial charge in [-0.25, -0.2) is 4.79 Å². The number of carboxylic acids is 1. The Morgan fingerprint density at radius 1 is 1.06 bits per heavy atom. The molecule has 4 rings (SSSR count). The van der Waals surface area contributed by atoms with E-state index in [0.717, 1.165) is 22.3 Å². The highest BCUT2D eigenvalue weighted by molar-refractivity contribution is 5.80. The van der Waals surface area contributed by atoms with E-state index in [9.17, 15) is 24.6 Å². The van der Waals surface area contributed by atoms with Crippen LogP contribution in [0.5, 0.6) is 0 Å². The van der Waals surface area contributed by atoms with Gasteiger partial charge in [-0.05, 0) is 41.5 Å². The summed E-state index contributed by atoms with van der Waals surface area (Å²) < 4.78 is 5.46. The van der Waals surface area contributed by atoms with Gasteiger partial charge in [0, 0.05) is 25.6 Å². The number of ether oxygens (including phenoxy) is 1. The predicted octanol–water partition coefficient (Wildman–Crippen LogP) is 3.38. The molecule has 0 saturated carbocycles. The first-order valence-corrected chi connectivity index (χ1v) is 12.1. The molecule has 8 nitrogen and oxygen atoms in total. The summed E-state index contributed by atoms with van der Waals surface area (Å²) in [6.45, 7) is 2.62. The third-order valence-electron chi connectivity index (χ3n) is 7.44. The van der Waals surface area contributed by atoms with E-state index in [4.69, 9.17) is 4.74 Å². The molecule has 1 atom stereocenters. The minimum atomic E-state index is -1.06. The fraction of sp³-hybridized carbons (Fsp3) is 0.444. The number of rotatable bonds is 8. The van der Waals surface area contributed by atoms with Crippen LogP contribution in [0.15, 0.2) is 48.5 Å². The molecule has 2 amide bonds. The van der Waals surface area contributed by atoms with Gasteiger partial charge in [0.1, 0.15) is 6.61 Å². The zero-order chi connectivity index (χ0) is 25.0. The highest BCUT2D eigenvalue weighted by Crippen LogP contribution is 2.44. The van der Waals surface area contributed by atoms with E-state index in [1.165, 1.54) is 0 Å². The van der Waals surface area contributed by atoms with Crippen LogP contribution in [-0.2, 0) is 14.3 Å². The number of aliphatic hydroxyl groups is 1. The summed E-state index contributed by atoms with van der Waals surface area (Å²) in [7, 11) is 0. The second kappa shape index (κ2) is 10.5. The third kappa shape index (κ3) is 5.17. The minimum Gasteiger partial charge on any atom is -0.481 e. The van der Waals surface area contributed by atoms with Gasteiger partial charge in [-0.2, -0.15) is 0 Å². The second-order valence-corrected chi connectivity index (χ2v) is 9.38. The number of hydrogen-bond acceptors (Lipinski definition) is 5. The van der Waals surface area contributed by atoms with E-state index < -0.39 is 23.6 Å². The minimum absolute atomic E-state index is 0.0557. The Hall–Kier alpha value is -3.39. The lowest BCUT2D eigenvalue weighted by atomic mass is 9.76. The lowest BCUT2D eigenvalue weighted by Crippen LogP contribution is -2.47. The molecule has 0 bridgehead atoms. The van der Waals surface area contributed by atoms with Crippen molar-refractivity contribution in [2.45, 2.75) is 44.6 Å². The molecule has 0 spiro atoms. The number of nitrogens with zero attached hydrogens (tertiary/aromatic N) is 1. The van der Waals surface area contributed by atoms with Crippen LogP contribution >= 0.6 is 0 Å². The number of fused-ring (bicyclic) bond motifs is 3. The van der Waals surface area contributed by atoms with Gasteiger partial charge in [-0.1, -0.05) is 55.5 Å². The number of hydrogen-bond donors (Lipinski definition) is 3. The maximum absolute atomic E-state index is 12.5. The SMILES string of the molecule is CCC1(C(=O)O)CCN(C(=O)CC(O)CNC(=O)OCC2c3ccccc3-c3ccccc32)CC1. The van der Waals surface area contributed by atoms with Crippen LogP contribution in [0.3, 0.4) is 0 Å². The van der Waals surface area contributed by atoms with Gasteiger partial charge in [0.25, 0.3) is 0 Å². The van der Waals surface area contributed by atoms with Gasteiger partial charge >= 0.3 is 12.1 Å². The van der Waals surface area contributed by atoms with E-state index in [-0.39, 0.29) is 31.4 Å². The predicted molar refractivity (Wildman–Crippen MR) is 130 cm³/mol. The van der Waals surface area contributed by atoms with Gasteiger partial charge in [0.15, 0.2) is 0 Å². The van der Waals surface area contributed by atoms with Crippen molar-refractivity contribution in [2.24, 2.45) is 5.41 Å². The van der Waals surface area contributed by atoms with E-state index in [1.54, 1.807) is 4.90 Å². The number of aliphatic hydroxyl groups excluding tert-OH is 1. The summed E-state index contributed by atoms with van der Waals surface area (Å²) in [5.74, 6) is -1.12. The average Bonchev–Trinajstić information content (AvgIpc) is 3.19.